The molecule has 7 nitrogen and oxygen atoms in total. The number of benzene rings is 2. The maximum absolute atomic E-state index is 13.8. The number of nitrogens with zero attached hydrogens (tertiary/aromatic N) is 4. The van der Waals surface area contributed by atoms with Crippen molar-refractivity contribution in [2.75, 3.05) is 20.2 Å². The van der Waals surface area contributed by atoms with Crippen LogP contribution in [0.5, 0.6) is 5.75 Å². The lowest BCUT2D eigenvalue weighted by molar-refractivity contribution is -0.136. The number of aromatic nitrogens is 1. The highest BCUT2D eigenvalue weighted by Gasteiger charge is 2.57. The monoisotopic (exact) mass is 470 g/mol. The number of methoxy groups -OCH3 is 1. The Labute approximate surface area is 205 Å². The van der Waals surface area contributed by atoms with Gasteiger partial charge in [-0.05, 0) is 48.2 Å². The minimum atomic E-state index is -0.821. The van der Waals surface area contributed by atoms with E-state index in [0.717, 1.165) is 30.9 Å². The third-order valence-electron chi connectivity index (χ3n) is 7.10. The van der Waals surface area contributed by atoms with Crippen molar-refractivity contribution < 1.29 is 14.3 Å². The van der Waals surface area contributed by atoms with Crippen LogP contribution in [-0.4, -0.2) is 57.4 Å². The van der Waals surface area contributed by atoms with Crippen LogP contribution in [0, 0.1) is 0 Å². The molecule has 2 aliphatic heterocycles. The van der Waals surface area contributed by atoms with Crippen molar-refractivity contribution in [3.8, 4) is 5.75 Å². The summed E-state index contributed by atoms with van der Waals surface area (Å²) in [6.45, 7) is 2.91. The zero-order chi connectivity index (χ0) is 24.3. The number of piperidine rings is 1. The van der Waals surface area contributed by atoms with E-state index in [-0.39, 0.29) is 18.5 Å². The number of pyridine rings is 1. The number of amides is 3. The summed E-state index contributed by atoms with van der Waals surface area (Å²) in [5.74, 6) is 0.735. The second-order valence-corrected chi connectivity index (χ2v) is 9.22. The van der Waals surface area contributed by atoms with E-state index in [1.54, 1.807) is 18.2 Å². The molecule has 2 aromatic carbocycles. The Morgan fingerprint density at radius 3 is 2.17 bits per heavy atom. The number of ether oxygens (including phenoxy) is 1. The van der Waals surface area contributed by atoms with Crippen molar-refractivity contribution in [3.05, 3.63) is 95.8 Å². The lowest BCUT2D eigenvalue weighted by Crippen LogP contribution is -2.56. The molecule has 1 aromatic heterocycles. The Morgan fingerprint density at radius 1 is 0.829 bits per heavy atom. The average molecular weight is 471 g/mol. The zero-order valence-electron chi connectivity index (χ0n) is 20.0. The van der Waals surface area contributed by atoms with Gasteiger partial charge in [-0.15, -0.1) is 0 Å². The molecule has 3 amide bonds. The second-order valence-electron chi connectivity index (χ2n) is 9.22. The molecule has 1 spiro atoms. The third-order valence-corrected chi connectivity index (χ3v) is 7.10. The van der Waals surface area contributed by atoms with Gasteiger partial charge in [0.05, 0.1) is 19.3 Å². The van der Waals surface area contributed by atoms with Crippen LogP contribution < -0.4 is 4.74 Å². The normalized spacial score (nSPS) is 17.9. The Morgan fingerprint density at radius 2 is 1.51 bits per heavy atom. The fourth-order valence-electron chi connectivity index (χ4n) is 5.11. The van der Waals surface area contributed by atoms with E-state index in [9.17, 15) is 9.59 Å². The summed E-state index contributed by atoms with van der Waals surface area (Å²) in [5, 5.41) is 0. The van der Waals surface area contributed by atoms with E-state index < -0.39 is 5.54 Å². The minimum Gasteiger partial charge on any atom is -0.497 e. The Kier molecular flexibility index (Phi) is 6.51. The largest absolute Gasteiger partial charge is 0.497 e. The Balaban J connectivity index is 1.36. The first-order valence-electron chi connectivity index (χ1n) is 12.0. The van der Waals surface area contributed by atoms with E-state index in [1.807, 2.05) is 60.7 Å². The van der Waals surface area contributed by atoms with Gasteiger partial charge in [0.25, 0.3) is 5.91 Å². The minimum absolute atomic E-state index is 0.104. The molecule has 0 bridgehead atoms. The summed E-state index contributed by atoms with van der Waals surface area (Å²) < 4.78 is 5.26. The molecule has 180 valence electrons. The third kappa shape index (κ3) is 4.64. The average Bonchev–Trinajstić information content (AvgIpc) is 3.08. The van der Waals surface area contributed by atoms with Crippen molar-refractivity contribution in [1.82, 2.24) is 19.7 Å². The molecule has 35 heavy (non-hydrogen) atoms. The molecule has 5 rings (SSSR count). The number of hydrogen-bond donors (Lipinski definition) is 0. The number of imide groups is 1. The smallest absolute Gasteiger partial charge is 0.328 e. The predicted molar refractivity (Wildman–Crippen MR) is 132 cm³/mol. The fraction of sp³-hybridized carbons (Fsp3) is 0.321. The van der Waals surface area contributed by atoms with E-state index in [4.69, 9.17) is 4.74 Å². The first-order chi connectivity index (χ1) is 17.1. The van der Waals surface area contributed by atoms with E-state index in [2.05, 4.69) is 22.0 Å². The van der Waals surface area contributed by atoms with Crippen molar-refractivity contribution in [3.63, 3.8) is 0 Å². The van der Waals surface area contributed by atoms with Gasteiger partial charge in [-0.3, -0.25) is 19.6 Å². The number of carbonyl (C=O) groups is 2. The zero-order valence-corrected chi connectivity index (χ0v) is 20.0. The van der Waals surface area contributed by atoms with Gasteiger partial charge in [-0.25, -0.2) is 4.79 Å². The molecule has 2 fully saturated rings. The summed E-state index contributed by atoms with van der Waals surface area (Å²) in [7, 11) is 1.66. The van der Waals surface area contributed by atoms with Crippen LogP contribution in [0.1, 0.15) is 29.7 Å². The van der Waals surface area contributed by atoms with Crippen molar-refractivity contribution in [2.24, 2.45) is 0 Å². The Bertz CT molecular complexity index is 1160. The molecule has 7 heteroatoms. The summed E-state index contributed by atoms with van der Waals surface area (Å²) in [4.78, 5) is 37.3. The van der Waals surface area contributed by atoms with E-state index in [1.165, 1.54) is 10.5 Å². The molecule has 2 saturated heterocycles. The molecule has 0 aliphatic carbocycles. The predicted octanol–water partition coefficient (Wildman–Crippen LogP) is 4.09. The number of carbonyl (C=O) groups excluding carboxylic acids is 2. The summed E-state index contributed by atoms with van der Waals surface area (Å²) in [6.07, 6.45) is 2.91. The van der Waals surface area contributed by atoms with Gasteiger partial charge < -0.3 is 9.64 Å². The standard InChI is InChI=1S/C28H30N4O3/c1-35-25-12-10-23(11-13-25)19-30-17-14-28(15-18-30)26(33)31(21-24-9-5-6-16-29-24)27(34)32(28)20-22-7-3-2-4-8-22/h2-13,16H,14-15,17-21H2,1H3. The number of urea groups is 1. The molecule has 2 aliphatic rings. The first kappa shape index (κ1) is 23.1. The van der Waals surface area contributed by atoms with Gasteiger partial charge in [-0.1, -0.05) is 48.5 Å². The maximum atomic E-state index is 13.8. The highest BCUT2D eigenvalue weighted by atomic mass is 16.5. The number of rotatable bonds is 7. The Hall–Kier alpha value is -3.71. The van der Waals surface area contributed by atoms with Gasteiger partial charge >= 0.3 is 6.03 Å². The van der Waals surface area contributed by atoms with Gasteiger partial charge in [0.1, 0.15) is 11.3 Å². The molecule has 3 aromatic rings. The highest BCUT2D eigenvalue weighted by molar-refractivity contribution is 6.07. The van der Waals surface area contributed by atoms with Crippen LogP contribution in [0.2, 0.25) is 0 Å². The topological polar surface area (TPSA) is 66.0 Å². The van der Waals surface area contributed by atoms with E-state index in [0.29, 0.717) is 25.1 Å². The molecular formula is C28H30N4O3. The summed E-state index contributed by atoms with van der Waals surface area (Å²) >= 11 is 0. The van der Waals surface area contributed by atoms with Gasteiger partial charge in [0, 0.05) is 32.4 Å². The molecule has 0 N–H and O–H groups in total. The molecule has 0 saturated carbocycles. The summed E-state index contributed by atoms with van der Waals surface area (Å²) in [6, 6.07) is 23.3. The number of likely N-dealkylation sites (tertiary alicyclic amines) is 1. The van der Waals surface area contributed by atoms with Gasteiger partial charge in [-0.2, -0.15) is 0 Å². The first-order valence-corrected chi connectivity index (χ1v) is 12.0. The molecule has 0 unspecified atom stereocenters. The molecule has 0 atom stereocenters. The SMILES string of the molecule is COc1ccc(CN2CCC3(CC2)C(=O)N(Cc2ccccn2)C(=O)N3Cc2ccccc2)cc1. The van der Waals surface area contributed by atoms with Gasteiger partial charge in [0.2, 0.25) is 0 Å². The van der Waals surface area contributed by atoms with Gasteiger partial charge in [0.15, 0.2) is 0 Å². The maximum Gasteiger partial charge on any atom is 0.328 e. The van der Waals surface area contributed by atoms with Crippen LogP contribution in [0.15, 0.2) is 79.0 Å². The lowest BCUT2D eigenvalue weighted by atomic mass is 9.85. The van der Waals surface area contributed by atoms with Crippen molar-refractivity contribution in [1.29, 1.82) is 0 Å². The van der Waals surface area contributed by atoms with Crippen LogP contribution in [0.3, 0.4) is 0 Å². The quantitative estimate of drug-likeness (QED) is 0.487. The second kappa shape index (κ2) is 9.88. The van der Waals surface area contributed by atoms with Crippen LogP contribution in [0.25, 0.3) is 0 Å². The molecular weight excluding hydrogens is 440 g/mol. The lowest BCUT2D eigenvalue weighted by Gasteiger charge is -2.42. The van der Waals surface area contributed by atoms with Crippen LogP contribution >= 0.6 is 0 Å². The molecule has 0 radical (unpaired) electrons. The van der Waals surface area contributed by atoms with Crippen molar-refractivity contribution in [2.45, 2.75) is 38.0 Å². The number of hydrogen-bond acceptors (Lipinski definition) is 5. The molecule has 3 heterocycles. The van der Waals surface area contributed by atoms with E-state index >= 15 is 0 Å². The summed E-state index contributed by atoms with van der Waals surface area (Å²) in [5.41, 5.74) is 2.11. The van der Waals surface area contributed by atoms with Crippen LogP contribution in [-0.2, 0) is 24.4 Å². The highest BCUT2D eigenvalue weighted by Crippen LogP contribution is 2.39. The van der Waals surface area contributed by atoms with Crippen molar-refractivity contribution >= 4 is 11.9 Å². The fourth-order valence-corrected chi connectivity index (χ4v) is 5.11. The van der Waals surface area contributed by atoms with Crippen LogP contribution in [0.4, 0.5) is 4.79 Å².